The third-order valence-electron chi connectivity index (χ3n) is 4.26. The molecular weight excluding hydrogens is 322 g/mol. The molecule has 1 aliphatic heterocycles. The van der Waals surface area contributed by atoms with Crippen LogP contribution in [0.15, 0.2) is 21.3 Å². The number of piperidine rings is 1. The van der Waals surface area contributed by atoms with Gasteiger partial charge in [0.15, 0.2) is 0 Å². The van der Waals surface area contributed by atoms with Crippen LogP contribution in [0.3, 0.4) is 0 Å². The van der Waals surface area contributed by atoms with Crippen molar-refractivity contribution in [3.8, 4) is 11.4 Å². The summed E-state index contributed by atoms with van der Waals surface area (Å²) >= 11 is 1.62. The van der Waals surface area contributed by atoms with Crippen LogP contribution in [-0.4, -0.2) is 34.0 Å². The van der Waals surface area contributed by atoms with E-state index in [0.717, 1.165) is 37.9 Å². The lowest BCUT2D eigenvalue weighted by Crippen LogP contribution is -2.41. The number of carbonyl (C=O) groups excluding carboxylic acids is 1. The van der Waals surface area contributed by atoms with Gasteiger partial charge in [-0.25, -0.2) is 0 Å². The second kappa shape index (κ2) is 7.05. The van der Waals surface area contributed by atoms with Gasteiger partial charge in [0.2, 0.25) is 17.6 Å². The van der Waals surface area contributed by atoms with E-state index in [4.69, 9.17) is 4.52 Å². The van der Waals surface area contributed by atoms with Crippen LogP contribution in [0.25, 0.3) is 11.4 Å². The van der Waals surface area contributed by atoms with E-state index in [1.165, 1.54) is 0 Å². The maximum Gasteiger partial charge on any atom is 0.227 e. The molecule has 0 radical (unpaired) electrons. The summed E-state index contributed by atoms with van der Waals surface area (Å²) in [6.45, 7) is 7.99. The van der Waals surface area contributed by atoms with E-state index in [0.29, 0.717) is 24.1 Å². The minimum absolute atomic E-state index is 0.0337. The molecule has 1 amide bonds. The van der Waals surface area contributed by atoms with Gasteiger partial charge in [-0.15, -0.1) is 0 Å². The molecule has 0 N–H and O–H groups in total. The van der Waals surface area contributed by atoms with E-state index >= 15 is 0 Å². The summed E-state index contributed by atoms with van der Waals surface area (Å²) < 4.78 is 5.41. The molecule has 2 aromatic heterocycles. The number of carbonyl (C=O) groups is 1. The first kappa shape index (κ1) is 17.1. The Hall–Kier alpha value is -1.69. The number of rotatable bonds is 4. The SMILES string of the molecule is CC(C)(C)CC(=O)N1CCCC(Cc2nc(-c3ccsc3)no2)C1. The molecule has 1 aliphatic rings. The molecule has 1 saturated heterocycles. The van der Waals surface area contributed by atoms with Gasteiger partial charge in [-0.1, -0.05) is 25.9 Å². The van der Waals surface area contributed by atoms with Gasteiger partial charge in [0.25, 0.3) is 0 Å². The normalized spacial score (nSPS) is 18.8. The van der Waals surface area contributed by atoms with Crippen molar-refractivity contribution in [3.05, 3.63) is 22.7 Å². The zero-order chi connectivity index (χ0) is 17.2. The lowest BCUT2D eigenvalue weighted by Gasteiger charge is -2.34. The third-order valence-corrected chi connectivity index (χ3v) is 4.95. The number of aromatic nitrogens is 2. The van der Waals surface area contributed by atoms with Crippen molar-refractivity contribution in [1.29, 1.82) is 0 Å². The summed E-state index contributed by atoms with van der Waals surface area (Å²) in [6, 6.07) is 1.99. The fourth-order valence-corrected chi connectivity index (χ4v) is 3.75. The number of likely N-dealkylation sites (tertiary alicyclic amines) is 1. The molecule has 0 spiro atoms. The number of hydrogen-bond acceptors (Lipinski definition) is 5. The molecule has 6 heteroatoms. The number of nitrogens with zero attached hydrogens (tertiary/aromatic N) is 3. The maximum absolute atomic E-state index is 12.4. The number of thiophene rings is 1. The highest BCUT2D eigenvalue weighted by atomic mass is 32.1. The van der Waals surface area contributed by atoms with Crippen LogP contribution in [0.4, 0.5) is 0 Å². The van der Waals surface area contributed by atoms with Gasteiger partial charge in [0, 0.05) is 36.9 Å². The summed E-state index contributed by atoms with van der Waals surface area (Å²) in [5, 5.41) is 8.09. The zero-order valence-corrected chi connectivity index (χ0v) is 15.4. The van der Waals surface area contributed by atoms with Gasteiger partial charge in [-0.3, -0.25) is 4.79 Å². The topological polar surface area (TPSA) is 59.2 Å². The zero-order valence-electron chi connectivity index (χ0n) is 14.6. The summed E-state index contributed by atoms with van der Waals surface area (Å²) in [7, 11) is 0. The fraction of sp³-hybridized carbons (Fsp3) is 0.611. The molecule has 0 bridgehead atoms. The minimum atomic E-state index is 0.0337. The number of hydrogen-bond donors (Lipinski definition) is 0. The summed E-state index contributed by atoms with van der Waals surface area (Å²) in [5.74, 6) is 1.99. The van der Waals surface area contributed by atoms with Crippen molar-refractivity contribution < 1.29 is 9.32 Å². The summed E-state index contributed by atoms with van der Waals surface area (Å²) in [4.78, 5) is 19.0. The Bertz CT molecular complexity index is 673. The van der Waals surface area contributed by atoms with E-state index in [-0.39, 0.29) is 11.3 Å². The van der Waals surface area contributed by atoms with E-state index in [1.807, 2.05) is 21.7 Å². The Morgan fingerprint density at radius 1 is 1.46 bits per heavy atom. The van der Waals surface area contributed by atoms with Crippen molar-refractivity contribution in [2.24, 2.45) is 11.3 Å². The van der Waals surface area contributed by atoms with Crippen LogP contribution in [0.1, 0.15) is 45.9 Å². The molecule has 1 unspecified atom stereocenters. The van der Waals surface area contributed by atoms with Crippen LogP contribution in [0, 0.1) is 11.3 Å². The molecular formula is C18H25N3O2S. The maximum atomic E-state index is 12.4. The monoisotopic (exact) mass is 347 g/mol. The van der Waals surface area contributed by atoms with Gasteiger partial charge in [-0.05, 0) is 35.6 Å². The first-order chi connectivity index (χ1) is 11.4. The molecule has 3 rings (SSSR count). The first-order valence-electron chi connectivity index (χ1n) is 8.54. The first-order valence-corrected chi connectivity index (χ1v) is 9.48. The predicted molar refractivity (Wildman–Crippen MR) is 94.7 cm³/mol. The summed E-state index contributed by atoms with van der Waals surface area (Å²) in [6.07, 6.45) is 3.50. The molecule has 0 aliphatic carbocycles. The average molecular weight is 347 g/mol. The third kappa shape index (κ3) is 4.44. The van der Waals surface area contributed by atoms with Gasteiger partial charge in [0.1, 0.15) is 0 Å². The molecule has 1 atom stereocenters. The van der Waals surface area contributed by atoms with Crippen molar-refractivity contribution in [2.45, 2.75) is 46.5 Å². The van der Waals surface area contributed by atoms with Crippen molar-refractivity contribution in [2.75, 3.05) is 13.1 Å². The quantitative estimate of drug-likeness (QED) is 0.838. The molecule has 24 heavy (non-hydrogen) atoms. The molecule has 3 heterocycles. The highest BCUT2D eigenvalue weighted by Gasteiger charge is 2.27. The second-order valence-electron chi connectivity index (χ2n) is 7.81. The van der Waals surface area contributed by atoms with Crippen molar-refractivity contribution >= 4 is 17.2 Å². The largest absolute Gasteiger partial charge is 0.342 e. The fourth-order valence-electron chi connectivity index (χ4n) is 3.12. The Labute approximate surface area is 147 Å². The molecule has 5 nitrogen and oxygen atoms in total. The van der Waals surface area contributed by atoms with Crippen LogP contribution >= 0.6 is 11.3 Å². The van der Waals surface area contributed by atoms with Crippen molar-refractivity contribution in [3.63, 3.8) is 0 Å². The lowest BCUT2D eigenvalue weighted by molar-refractivity contribution is -0.134. The van der Waals surface area contributed by atoms with Crippen molar-refractivity contribution in [1.82, 2.24) is 15.0 Å². The van der Waals surface area contributed by atoms with Gasteiger partial charge < -0.3 is 9.42 Å². The molecule has 130 valence electrons. The van der Waals surface area contributed by atoms with E-state index in [2.05, 4.69) is 30.9 Å². The lowest BCUT2D eigenvalue weighted by atomic mass is 9.89. The highest BCUT2D eigenvalue weighted by molar-refractivity contribution is 7.08. The second-order valence-corrected chi connectivity index (χ2v) is 8.59. The van der Waals surface area contributed by atoms with Crippen LogP contribution < -0.4 is 0 Å². The molecule has 0 saturated carbocycles. The molecule has 2 aromatic rings. The van der Waals surface area contributed by atoms with E-state index in [9.17, 15) is 4.79 Å². The van der Waals surface area contributed by atoms with Crippen LogP contribution in [0.5, 0.6) is 0 Å². The molecule has 0 aromatic carbocycles. The Balaban J connectivity index is 1.58. The smallest absolute Gasteiger partial charge is 0.227 e. The molecule has 1 fully saturated rings. The van der Waals surface area contributed by atoms with Crippen LogP contribution in [-0.2, 0) is 11.2 Å². The minimum Gasteiger partial charge on any atom is -0.342 e. The average Bonchev–Trinajstić information content (AvgIpc) is 3.16. The predicted octanol–water partition coefficient (Wildman–Crippen LogP) is 4.02. The summed E-state index contributed by atoms with van der Waals surface area (Å²) in [5.41, 5.74) is 1.03. The van der Waals surface area contributed by atoms with E-state index < -0.39 is 0 Å². The standard InChI is InChI=1S/C18H25N3O2S/c1-18(2,3)10-16(22)21-7-4-5-13(11-21)9-15-19-17(20-23-15)14-6-8-24-12-14/h6,8,12-13H,4-5,7,9-11H2,1-3H3. The van der Waals surface area contributed by atoms with Gasteiger partial charge in [0.05, 0.1) is 0 Å². The van der Waals surface area contributed by atoms with Gasteiger partial charge in [-0.2, -0.15) is 16.3 Å². The Morgan fingerprint density at radius 3 is 3.00 bits per heavy atom. The highest BCUT2D eigenvalue weighted by Crippen LogP contribution is 2.26. The van der Waals surface area contributed by atoms with Gasteiger partial charge >= 0.3 is 0 Å². The Kier molecular flexibility index (Phi) is 5.04. The number of amides is 1. The van der Waals surface area contributed by atoms with E-state index in [1.54, 1.807) is 11.3 Å². The van der Waals surface area contributed by atoms with Crippen LogP contribution in [0.2, 0.25) is 0 Å². The Morgan fingerprint density at radius 2 is 2.29 bits per heavy atom.